The van der Waals surface area contributed by atoms with Crippen molar-refractivity contribution >= 4 is 29.2 Å². The third-order valence-electron chi connectivity index (χ3n) is 3.76. The van der Waals surface area contributed by atoms with Gasteiger partial charge in [-0.15, -0.1) is 0 Å². The standard InChI is InChI=1S/C15H21Cl2N3O2/c1-10(12-3-2-11(16)8-13(12)17)20-14(18)19-9-15(21)4-6-22-7-5-15/h2-3,8,10,21H,4-7,9H2,1H3,(H3,18,19,20). The van der Waals surface area contributed by atoms with Gasteiger partial charge in [-0.3, -0.25) is 4.99 Å². The normalized spacial score (nSPS) is 19.7. The minimum atomic E-state index is -0.828. The van der Waals surface area contributed by atoms with Crippen LogP contribution in [0.15, 0.2) is 23.2 Å². The Morgan fingerprint density at radius 2 is 2.14 bits per heavy atom. The van der Waals surface area contributed by atoms with Gasteiger partial charge in [0.1, 0.15) is 0 Å². The smallest absolute Gasteiger partial charge is 0.189 e. The molecule has 2 rings (SSSR count). The van der Waals surface area contributed by atoms with E-state index in [1.807, 2.05) is 13.0 Å². The molecule has 1 atom stereocenters. The topological polar surface area (TPSA) is 79.9 Å². The molecule has 0 saturated carbocycles. The largest absolute Gasteiger partial charge is 0.388 e. The van der Waals surface area contributed by atoms with E-state index in [-0.39, 0.29) is 18.5 Å². The number of nitrogens with two attached hydrogens (primary N) is 1. The number of hydrogen-bond acceptors (Lipinski definition) is 3. The van der Waals surface area contributed by atoms with Crippen LogP contribution >= 0.6 is 23.2 Å². The summed E-state index contributed by atoms with van der Waals surface area (Å²) in [5.74, 6) is 0.276. The van der Waals surface area contributed by atoms with E-state index in [1.165, 1.54) is 0 Å². The van der Waals surface area contributed by atoms with Crippen LogP contribution in [0.1, 0.15) is 31.4 Å². The van der Waals surface area contributed by atoms with Gasteiger partial charge in [0.05, 0.1) is 18.2 Å². The van der Waals surface area contributed by atoms with Crippen LogP contribution in [0, 0.1) is 0 Å². The third-order valence-corrected chi connectivity index (χ3v) is 4.32. The van der Waals surface area contributed by atoms with Crippen LogP contribution in [-0.4, -0.2) is 36.4 Å². The van der Waals surface area contributed by atoms with Crippen LogP contribution < -0.4 is 11.1 Å². The zero-order valence-electron chi connectivity index (χ0n) is 12.5. The van der Waals surface area contributed by atoms with Crippen molar-refractivity contribution in [2.75, 3.05) is 19.8 Å². The highest BCUT2D eigenvalue weighted by Crippen LogP contribution is 2.26. The molecule has 1 heterocycles. The predicted molar refractivity (Wildman–Crippen MR) is 89.5 cm³/mol. The number of halogens is 2. The Bertz CT molecular complexity index is 546. The van der Waals surface area contributed by atoms with E-state index >= 15 is 0 Å². The summed E-state index contributed by atoms with van der Waals surface area (Å²) in [6.45, 7) is 3.29. The summed E-state index contributed by atoms with van der Waals surface area (Å²) in [6.07, 6.45) is 1.14. The van der Waals surface area contributed by atoms with Crippen molar-refractivity contribution in [2.24, 2.45) is 10.7 Å². The molecule has 0 aromatic heterocycles. The summed E-state index contributed by atoms with van der Waals surface area (Å²) in [4.78, 5) is 4.24. The van der Waals surface area contributed by atoms with Gasteiger partial charge in [-0.05, 0) is 24.6 Å². The summed E-state index contributed by atoms with van der Waals surface area (Å²) in [5.41, 5.74) is 5.95. The summed E-state index contributed by atoms with van der Waals surface area (Å²) in [6, 6.07) is 5.20. The second kappa shape index (κ2) is 7.51. The number of rotatable bonds is 4. The summed E-state index contributed by atoms with van der Waals surface area (Å²) < 4.78 is 5.24. The lowest BCUT2D eigenvalue weighted by Crippen LogP contribution is -2.41. The summed E-state index contributed by atoms with van der Waals surface area (Å²) in [5, 5.41) is 14.6. The van der Waals surface area contributed by atoms with Gasteiger partial charge in [0.15, 0.2) is 5.96 Å². The van der Waals surface area contributed by atoms with Crippen LogP contribution in [0.4, 0.5) is 0 Å². The van der Waals surface area contributed by atoms with E-state index in [0.29, 0.717) is 36.1 Å². The highest BCUT2D eigenvalue weighted by molar-refractivity contribution is 6.35. The molecule has 1 aliphatic rings. The van der Waals surface area contributed by atoms with Gasteiger partial charge in [-0.2, -0.15) is 0 Å². The highest BCUT2D eigenvalue weighted by Gasteiger charge is 2.29. The van der Waals surface area contributed by atoms with Crippen LogP contribution in [0.3, 0.4) is 0 Å². The zero-order valence-corrected chi connectivity index (χ0v) is 14.0. The van der Waals surface area contributed by atoms with E-state index in [4.69, 9.17) is 33.7 Å². The van der Waals surface area contributed by atoms with Gasteiger partial charge in [0.25, 0.3) is 0 Å². The SMILES string of the molecule is CC(NC(N)=NCC1(O)CCOCC1)c1ccc(Cl)cc1Cl. The van der Waals surface area contributed by atoms with Crippen molar-refractivity contribution < 1.29 is 9.84 Å². The molecule has 22 heavy (non-hydrogen) atoms. The molecular weight excluding hydrogens is 325 g/mol. The Morgan fingerprint density at radius 3 is 2.77 bits per heavy atom. The van der Waals surface area contributed by atoms with E-state index < -0.39 is 5.60 Å². The second-order valence-electron chi connectivity index (χ2n) is 5.57. The lowest BCUT2D eigenvalue weighted by Gasteiger charge is -2.30. The lowest BCUT2D eigenvalue weighted by molar-refractivity contribution is -0.0565. The molecular formula is C15H21Cl2N3O2. The Hall–Kier alpha value is -1.01. The third kappa shape index (κ3) is 4.74. The Morgan fingerprint density at radius 1 is 1.45 bits per heavy atom. The predicted octanol–water partition coefficient (Wildman–Crippen LogP) is 2.50. The average Bonchev–Trinajstić information content (AvgIpc) is 2.46. The molecule has 5 nitrogen and oxygen atoms in total. The Labute approximate surface area is 140 Å². The first kappa shape index (κ1) is 17.3. The van der Waals surface area contributed by atoms with Crippen LogP contribution in [-0.2, 0) is 4.74 Å². The number of ether oxygens (including phenoxy) is 1. The number of nitrogens with zero attached hydrogens (tertiary/aromatic N) is 1. The van der Waals surface area contributed by atoms with Gasteiger partial charge in [0, 0.05) is 36.1 Å². The molecule has 0 bridgehead atoms. The molecule has 1 fully saturated rings. The fourth-order valence-electron chi connectivity index (χ4n) is 2.34. The summed E-state index contributed by atoms with van der Waals surface area (Å²) in [7, 11) is 0. The van der Waals surface area contributed by atoms with Crippen molar-refractivity contribution in [3.8, 4) is 0 Å². The van der Waals surface area contributed by atoms with Crippen molar-refractivity contribution in [3.05, 3.63) is 33.8 Å². The summed E-state index contributed by atoms with van der Waals surface area (Å²) >= 11 is 12.1. The molecule has 7 heteroatoms. The number of aliphatic hydroxyl groups is 1. The van der Waals surface area contributed by atoms with Crippen LogP contribution in [0.2, 0.25) is 10.0 Å². The lowest BCUT2D eigenvalue weighted by atomic mass is 9.95. The maximum Gasteiger partial charge on any atom is 0.189 e. The van der Waals surface area contributed by atoms with Crippen molar-refractivity contribution in [1.82, 2.24) is 5.32 Å². The molecule has 1 aliphatic heterocycles. The molecule has 0 aliphatic carbocycles. The van der Waals surface area contributed by atoms with Crippen molar-refractivity contribution in [2.45, 2.75) is 31.4 Å². The van der Waals surface area contributed by atoms with E-state index in [0.717, 1.165) is 5.56 Å². The molecule has 0 amide bonds. The first-order valence-corrected chi connectivity index (χ1v) is 7.97. The molecule has 122 valence electrons. The number of guanidine groups is 1. The van der Waals surface area contributed by atoms with Gasteiger partial charge in [-0.25, -0.2) is 0 Å². The van der Waals surface area contributed by atoms with Gasteiger partial charge >= 0.3 is 0 Å². The second-order valence-corrected chi connectivity index (χ2v) is 6.41. The fraction of sp³-hybridized carbons (Fsp3) is 0.533. The van der Waals surface area contributed by atoms with Crippen molar-refractivity contribution in [1.29, 1.82) is 0 Å². The van der Waals surface area contributed by atoms with Crippen LogP contribution in [0.25, 0.3) is 0 Å². The highest BCUT2D eigenvalue weighted by atomic mass is 35.5. The molecule has 1 aromatic rings. The Kier molecular flexibility index (Phi) is 5.92. The molecule has 4 N–H and O–H groups in total. The quantitative estimate of drug-likeness (QED) is 0.578. The first-order chi connectivity index (χ1) is 10.4. The van der Waals surface area contributed by atoms with Gasteiger partial charge in [0.2, 0.25) is 0 Å². The van der Waals surface area contributed by atoms with Crippen LogP contribution in [0.5, 0.6) is 0 Å². The van der Waals surface area contributed by atoms with Gasteiger partial charge < -0.3 is 20.9 Å². The number of hydrogen-bond donors (Lipinski definition) is 3. The fourth-order valence-corrected chi connectivity index (χ4v) is 2.91. The minimum absolute atomic E-state index is 0.113. The molecule has 0 spiro atoms. The monoisotopic (exact) mass is 345 g/mol. The average molecular weight is 346 g/mol. The molecule has 1 unspecified atom stereocenters. The molecule has 1 saturated heterocycles. The maximum atomic E-state index is 10.3. The number of nitrogens with one attached hydrogen (secondary N) is 1. The minimum Gasteiger partial charge on any atom is -0.388 e. The van der Waals surface area contributed by atoms with Gasteiger partial charge in [-0.1, -0.05) is 29.3 Å². The van der Waals surface area contributed by atoms with E-state index in [9.17, 15) is 5.11 Å². The number of aliphatic imine (C=N–C) groups is 1. The van der Waals surface area contributed by atoms with E-state index in [2.05, 4.69) is 10.3 Å². The zero-order chi connectivity index (χ0) is 16.2. The van der Waals surface area contributed by atoms with Crippen molar-refractivity contribution in [3.63, 3.8) is 0 Å². The molecule has 0 radical (unpaired) electrons. The number of benzene rings is 1. The molecule has 1 aromatic carbocycles. The maximum absolute atomic E-state index is 10.3. The van der Waals surface area contributed by atoms with E-state index in [1.54, 1.807) is 12.1 Å². The first-order valence-electron chi connectivity index (χ1n) is 7.21. The Balaban J connectivity index is 1.95.